The molecule has 3 rings (SSSR count). The lowest BCUT2D eigenvalue weighted by Crippen LogP contribution is -2.29. The van der Waals surface area contributed by atoms with Crippen LogP contribution in [0, 0.1) is 0 Å². The van der Waals surface area contributed by atoms with Crippen LogP contribution in [0.4, 0.5) is 0 Å². The lowest BCUT2D eigenvalue weighted by molar-refractivity contribution is -0.121. The maximum absolute atomic E-state index is 13.0. The molecule has 1 saturated heterocycles. The van der Waals surface area contributed by atoms with Gasteiger partial charge in [-0.2, -0.15) is 8.42 Å². The summed E-state index contributed by atoms with van der Waals surface area (Å²) < 4.78 is 40.6. The number of amidine groups is 1. The Kier molecular flexibility index (Phi) is 8.35. The van der Waals surface area contributed by atoms with E-state index < -0.39 is 10.0 Å². The maximum atomic E-state index is 13.0. The van der Waals surface area contributed by atoms with E-state index in [2.05, 4.69) is 17.9 Å². The average molecular weight is 487 g/mol. The first-order chi connectivity index (χ1) is 15.9. The van der Waals surface area contributed by atoms with E-state index in [0.29, 0.717) is 23.0 Å². The van der Waals surface area contributed by atoms with E-state index in [-0.39, 0.29) is 22.5 Å². The van der Waals surface area contributed by atoms with Crippen molar-refractivity contribution in [2.24, 2.45) is 4.40 Å². The summed E-state index contributed by atoms with van der Waals surface area (Å²) >= 11 is 1.01. The number of hydrogen-bond acceptors (Lipinski definition) is 6. The van der Waals surface area contributed by atoms with Gasteiger partial charge >= 0.3 is 0 Å². The van der Waals surface area contributed by atoms with E-state index in [9.17, 15) is 13.2 Å². The molecule has 7 nitrogen and oxygen atoms in total. The van der Waals surface area contributed by atoms with Crippen LogP contribution >= 0.6 is 11.8 Å². The topological polar surface area (TPSA) is 85.3 Å². The molecule has 174 valence electrons. The van der Waals surface area contributed by atoms with Crippen molar-refractivity contribution < 1.29 is 22.7 Å². The van der Waals surface area contributed by atoms with Gasteiger partial charge in [0.1, 0.15) is 0 Å². The quantitative estimate of drug-likeness (QED) is 0.274. The molecule has 1 aliphatic heterocycles. The molecule has 1 heterocycles. The molecule has 1 amide bonds. The second kappa shape index (κ2) is 11.2. The van der Waals surface area contributed by atoms with Gasteiger partial charge in [-0.05, 0) is 54.1 Å². The molecular formula is C24H26N2O5S2. The summed E-state index contributed by atoms with van der Waals surface area (Å²) in [4.78, 5) is 14.7. The van der Waals surface area contributed by atoms with Gasteiger partial charge in [0.25, 0.3) is 15.9 Å². The van der Waals surface area contributed by atoms with Crippen molar-refractivity contribution in [2.45, 2.75) is 24.7 Å². The highest BCUT2D eigenvalue weighted by Gasteiger charge is 2.34. The van der Waals surface area contributed by atoms with Gasteiger partial charge in [-0.1, -0.05) is 43.7 Å². The van der Waals surface area contributed by atoms with E-state index in [1.807, 2.05) is 0 Å². The van der Waals surface area contributed by atoms with Crippen molar-refractivity contribution in [1.29, 1.82) is 0 Å². The molecular weight excluding hydrogens is 460 g/mol. The highest BCUT2D eigenvalue weighted by Crippen LogP contribution is 2.35. The molecule has 2 aromatic carbocycles. The molecule has 1 aliphatic rings. The predicted octanol–water partition coefficient (Wildman–Crippen LogP) is 4.72. The van der Waals surface area contributed by atoms with Gasteiger partial charge in [-0.3, -0.25) is 9.69 Å². The average Bonchev–Trinajstić information content (AvgIpc) is 3.08. The third kappa shape index (κ3) is 6.06. The van der Waals surface area contributed by atoms with Gasteiger partial charge in [-0.15, -0.1) is 11.0 Å². The fraction of sp³-hybridized carbons (Fsp3) is 0.250. The van der Waals surface area contributed by atoms with Crippen LogP contribution in [0.2, 0.25) is 0 Å². The molecule has 0 spiro atoms. The van der Waals surface area contributed by atoms with Crippen LogP contribution < -0.4 is 9.47 Å². The van der Waals surface area contributed by atoms with Crippen molar-refractivity contribution in [3.05, 3.63) is 71.7 Å². The Balaban J connectivity index is 1.94. The van der Waals surface area contributed by atoms with Crippen molar-refractivity contribution in [3.63, 3.8) is 0 Å². The van der Waals surface area contributed by atoms with Gasteiger partial charge in [-0.25, -0.2) is 0 Å². The first-order valence-electron chi connectivity index (χ1n) is 10.4. The predicted molar refractivity (Wildman–Crippen MR) is 132 cm³/mol. The molecule has 9 heteroatoms. The van der Waals surface area contributed by atoms with Gasteiger partial charge < -0.3 is 9.47 Å². The fourth-order valence-electron chi connectivity index (χ4n) is 2.99. The molecule has 0 saturated carbocycles. The SMILES string of the molecule is C=CCN1C(=O)/C(=C/c2ccc(OC)c(OCCCC)c2)S/C1=N/S(=O)(=O)c1ccccc1. The van der Waals surface area contributed by atoms with E-state index in [0.717, 1.165) is 30.2 Å². The van der Waals surface area contributed by atoms with Crippen molar-refractivity contribution >= 4 is 38.9 Å². The summed E-state index contributed by atoms with van der Waals surface area (Å²) in [5, 5.41) is 0.0861. The maximum Gasteiger partial charge on any atom is 0.284 e. The first-order valence-corrected chi connectivity index (χ1v) is 12.7. The molecule has 33 heavy (non-hydrogen) atoms. The monoisotopic (exact) mass is 486 g/mol. The normalized spacial score (nSPS) is 16.4. The van der Waals surface area contributed by atoms with Crippen LogP contribution in [-0.2, 0) is 14.8 Å². The molecule has 0 bridgehead atoms. The summed E-state index contributed by atoms with van der Waals surface area (Å²) in [6, 6.07) is 13.3. The van der Waals surface area contributed by atoms with E-state index >= 15 is 0 Å². The Morgan fingerprint density at radius 1 is 1.15 bits per heavy atom. The van der Waals surface area contributed by atoms with E-state index in [1.54, 1.807) is 49.6 Å². The summed E-state index contributed by atoms with van der Waals surface area (Å²) in [5.74, 6) is 0.841. The number of unbranched alkanes of at least 4 members (excludes halogenated alkanes) is 1. The molecule has 0 aliphatic carbocycles. The van der Waals surface area contributed by atoms with Crippen molar-refractivity contribution in [3.8, 4) is 11.5 Å². The second-order valence-corrected chi connectivity index (χ2v) is 9.70. The minimum absolute atomic E-state index is 0.0607. The van der Waals surface area contributed by atoms with Crippen LogP contribution in [0.15, 0.2) is 75.4 Å². The van der Waals surface area contributed by atoms with E-state index in [1.165, 1.54) is 23.1 Å². The Morgan fingerprint density at radius 3 is 2.58 bits per heavy atom. The minimum Gasteiger partial charge on any atom is -0.493 e. The molecule has 0 radical (unpaired) electrons. The van der Waals surface area contributed by atoms with Crippen LogP contribution in [0.5, 0.6) is 11.5 Å². The molecule has 0 atom stereocenters. The molecule has 0 unspecified atom stereocenters. The van der Waals surface area contributed by atoms with Gasteiger partial charge in [0.15, 0.2) is 16.7 Å². The third-order valence-electron chi connectivity index (χ3n) is 4.68. The Labute approximate surface area is 198 Å². The number of rotatable bonds is 10. The van der Waals surface area contributed by atoms with E-state index in [4.69, 9.17) is 9.47 Å². The Morgan fingerprint density at radius 2 is 1.91 bits per heavy atom. The minimum atomic E-state index is -3.97. The Hall–Kier alpha value is -3.04. The van der Waals surface area contributed by atoms with Gasteiger partial charge in [0, 0.05) is 6.54 Å². The zero-order chi connectivity index (χ0) is 23.8. The first kappa shape index (κ1) is 24.6. The molecule has 0 N–H and O–H groups in total. The molecule has 1 fully saturated rings. The van der Waals surface area contributed by atoms with Crippen LogP contribution in [0.1, 0.15) is 25.3 Å². The smallest absolute Gasteiger partial charge is 0.284 e. The van der Waals surface area contributed by atoms with Crippen LogP contribution in [0.3, 0.4) is 0 Å². The van der Waals surface area contributed by atoms with Crippen LogP contribution in [0.25, 0.3) is 6.08 Å². The summed E-state index contributed by atoms with van der Waals surface area (Å²) in [6.45, 7) is 6.44. The number of nitrogens with zero attached hydrogens (tertiary/aromatic N) is 2. The number of carbonyl (C=O) groups excluding carboxylic acids is 1. The van der Waals surface area contributed by atoms with Crippen molar-refractivity contribution in [1.82, 2.24) is 4.90 Å². The number of carbonyl (C=O) groups is 1. The number of hydrogen-bond donors (Lipinski definition) is 0. The fourth-order valence-corrected chi connectivity index (χ4v) is 5.20. The van der Waals surface area contributed by atoms with Crippen molar-refractivity contribution in [2.75, 3.05) is 20.3 Å². The largest absolute Gasteiger partial charge is 0.493 e. The van der Waals surface area contributed by atoms with Crippen LogP contribution in [-0.4, -0.2) is 44.7 Å². The number of sulfonamides is 1. The number of methoxy groups -OCH3 is 1. The number of amides is 1. The standard InChI is InChI=1S/C24H26N2O5S2/c1-4-6-15-31-21-16-18(12-13-20(21)30-3)17-22-23(27)26(14-5-2)24(32-22)25-33(28,29)19-10-8-7-9-11-19/h5,7-13,16-17H,2,4,6,14-15H2,1,3H3/b22-17-,25-24+. The lowest BCUT2D eigenvalue weighted by Gasteiger charge is -2.12. The number of thioether (sulfide) groups is 1. The number of benzene rings is 2. The molecule has 2 aromatic rings. The van der Waals surface area contributed by atoms with Gasteiger partial charge in [0.05, 0.1) is 23.5 Å². The highest BCUT2D eigenvalue weighted by atomic mass is 32.2. The Bertz CT molecular complexity index is 1170. The molecule has 0 aromatic heterocycles. The summed E-state index contributed by atoms with van der Waals surface area (Å²) in [6.07, 6.45) is 5.13. The third-order valence-corrected chi connectivity index (χ3v) is 7.08. The highest BCUT2D eigenvalue weighted by molar-refractivity contribution is 8.19. The summed E-state index contributed by atoms with van der Waals surface area (Å²) in [7, 11) is -2.40. The number of ether oxygens (including phenoxy) is 2. The second-order valence-electron chi connectivity index (χ2n) is 7.09. The zero-order valence-electron chi connectivity index (χ0n) is 18.6. The lowest BCUT2D eigenvalue weighted by atomic mass is 10.2. The van der Waals surface area contributed by atoms with Gasteiger partial charge in [0.2, 0.25) is 0 Å². The summed E-state index contributed by atoms with van der Waals surface area (Å²) in [5.41, 5.74) is 0.726. The zero-order valence-corrected chi connectivity index (χ0v) is 20.2.